The highest BCUT2D eigenvalue weighted by molar-refractivity contribution is 7.88. The Hall–Kier alpha value is -0.950. The van der Waals surface area contributed by atoms with Gasteiger partial charge in [-0.1, -0.05) is 24.3 Å². The minimum Gasteiger partial charge on any atom is -0.373 e. The van der Waals surface area contributed by atoms with E-state index in [1.54, 1.807) is 0 Å². The zero-order valence-electron chi connectivity index (χ0n) is 12.2. The maximum atomic E-state index is 12.3. The summed E-state index contributed by atoms with van der Waals surface area (Å²) in [6.07, 6.45) is 3.17. The summed E-state index contributed by atoms with van der Waals surface area (Å²) in [6.45, 7) is 0.785. The van der Waals surface area contributed by atoms with Crippen molar-refractivity contribution in [1.82, 2.24) is 10.0 Å². The molecule has 3 rings (SSSR count). The lowest BCUT2D eigenvalue weighted by atomic mass is 9.96. The predicted octanol–water partition coefficient (Wildman–Crippen LogP) is 1.15. The van der Waals surface area contributed by atoms with E-state index in [0.29, 0.717) is 0 Å². The van der Waals surface area contributed by atoms with Gasteiger partial charge in [0.05, 0.1) is 24.0 Å². The number of fused-ring (bicyclic) bond motifs is 2. The van der Waals surface area contributed by atoms with Crippen LogP contribution in [-0.2, 0) is 27.1 Å². The summed E-state index contributed by atoms with van der Waals surface area (Å²) < 4.78 is 33.0. The smallest absolute Gasteiger partial charge is 0.216 e. The van der Waals surface area contributed by atoms with Crippen LogP contribution >= 0.6 is 0 Å². The highest BCUT2D eigenvalue weighted by Crippen LogP contribution is 2.34. The van der Waals surface area contributed by atoms with E-state index in [4.69, 9.17) is 4.74 Å². The second-order valence-electron chi connectivity index (χ2n) is 5.94. The third-order valence-corrected chi connectivity index (χ3v) is 5.57. The Balaban J connectivity index is 1.60. The summed E-state index contributed by atoms with van der Waals surface area (Å²) >= 11 is 0. The van der Waals surface area contributed by atoms with Crippen molar-refractivity contribution in [2.75, 3.05) is 7.05 Å². The van der Waals surface area contributed by atoms with Crippen LogP contribution in [0.15, 0.2) is 24.3 Å². The Morgan fingerprint density at radius 1 is 1.19 bits per heavy atom. The van der Waals surface area contributed by atoms with Gasteiger partial charge in [-0.05, 0) is 37.4 Å². The van der Waals surface area contributed by atoms with E-state index in [1.165, 1.54) is 0 Å². The van der Waals surface area contributed by atoms with Crippen molar-refractivity contribution in [3.63, 3.8) is 0 Å². The van der Waals surface area contributed by atoms with E-state index < -0.39 is 10.0 Å². The van der Waals surface area contributed by atoms with Crippen LogP contribution in [0.4, 0.5) is 0 Å². The average Bonchev–Trinajstić information content (AvgIpc) is 3.02. The van der Waals surface area contributed by atoms with Gasteiger partial charge in [-0.3, -0.25) is 0 Å². The molecule has 21 heavy (non-hydrogen) atoms. The lowest BCUT2D eigenvalue weighted by molar-refractivity contribution is 0.0996. The zero-order chi connectivity index (χ0) is 14.9. The number of rotatable bonds is 6. The Bertz CT molecular complexity index is 585. The molecule has 0 aliphatic carbocycles. The minimum atomic E-state index is -3.31. The molecular formula is C15H22N2O3S. The van der Waals surface area contributed by atoms with Gasteiger partial charge in [-0.25, -0.2) is 13.1 Å². The molecule has 116 valence electrons. The van der Waals surface area contributed by atoms with Crippen molar-refractivity contribution in [2.24, 2.45) is 0 Å². The van der Waals surface area contributed by atoms with Crippen LogP contribution in [0.5, 0.6) is 0 Å². The van der Waals surface area contributed by atoms with Crippen LogP contribution < -0.4 is 10.0 Å². The van der Waals surface area contributed by atoms with Crippen LogP contribution in [0.25, 0.3) is 0 Å². The van der Waals surface area contributed by atoms with E-state index in [1.807, 2.05) is 31.3 Å². The number of sulfonamides is 1. The summed E-state index contributed by atoms with van der Waals surface area (Å²) in [5.74, 6) is 0.0285. The molecule has 3 atom stereocenters. The molecule has 3 unspecified atom stereocenters. The first-order valence-electron chi connectivity index (χ1n) is 7.43. The Morgan fingerprint density at radius 2 is 1.90 bits per heavy atom. The van der Waals surface area contributed by atoms with Crippen molar-refractivity contribution < 1.29 is 13.2 Å². The van der Waals surface area contributed by atoms with Gasteiger partial charge in [-0.2, -0.15) is 0 Å². The van der Waals surface area contributed by atoms with Gasteiger partial charge in [-0.15, -0.1) is 0 Å². The van der Waals surface area contributed by atoms with Crippen LogP contribution in [0, 0.1) is 0 Å². The number of hydrogen-bond acceptors (Lipinski definition) is 4. The molecule has 2 saturated heterocycles. The largest absolute Gasteiger partial charge is 0.373 e. The zero-order valence-corrected chi connectivity index (χ0v) is 13.0. The van der Waals surface area contributed by atoms with Crippen LogP contribution in [0.3, 0.4) is 0 Å². The average molecular weight is 310 g/mol. The van der Waals surface area contributed by atoms with E-state index in [0.717, 1.165) is 36.9 Å². The van der Waals surface area contributed by atoms with Crippen molar-refractivity contribution >= 4 is 10.0 Å². The highest BCUT2D eigenvalue weighted by Gasteiger charge is 2.42. The molecule has 2 N–H and O–H groups in total. The summed E-state index contributed by atoms with van der Waals surface area (Å²) in [6, 6.07) is 7.63. The molecule has 2 aliphatic rings. The monoisotopic (exact) mass is 310 g/mol. The molecule has 0 spiro atoms. The second kappa shape index (κ2) is 6.04. The number of hydrogen-bond donors (Lipinski definition) is 2. The molecular weight excluding hydrogens is 288 g/mol. The predicted molar refractivity (Wildman–Crippen MR) is 81.3 cm³/mol. The fourth-order valence-electron chi connectivity index (χ4n) is 3.21. The molecule has 6 heteroatoms. The number of nitrogens with one attached hydrogen (secondary N) is 2. The van der Waals surface area contributed by atoms with Crippen molar-refractivity contribution in [3.05, 3.63) is 35.4 Å². The van der Waals surface area contributed by atoms with Crippen molar-refractivity contribution in [1.29, 1.82) is 0 Å². The number of ether oxygens (including phenoxy) is 1. The maximum absolute atomic E-state index is 12.3. The molecule has 1 aromatic rings. The van der Waals surface area contributed by atoms with Crippen molar-refractivity contribution in [2.45, 2.75) is 49.8 Å². The van der Waals surface area contributed by atoms with Gasteiger partial charge in [0.1, 0.15) is 0 Å². The SMILES string of the molecule is CNCc1ccc(CS(=O)(=O)NC2CC3CCC2O3)cc1. The van der Waals surface area contributed by atoms with E-state index in [2.05, 4.69) is 10.0 Å². The van der Waals surface area contributed by atoms with Crippen LogP contribution in [-0.4, -0.2) is 33.7 Å². The third kappa shape index (κ3) is 3.63. The summed E-state index contributed by atoms with van der Waals surface area (Å²) in [7, 11) is -1.42. The number of benzene rings is 1. The fraction of sp³-hybridized carbons (Fsp3) is 0.600. The van der Waals surface area contributed by atoms with Gasteiger partial charge in [0, 0.05) is 6.54 Å². The molecule has 0 saturated carbocycles. The van der Waals surface area contributed by atoms with Crippen LogP contribution in [0.1, 0.15) is 30.4 Å². The first-order chi connectivity index (χ1) is 10.1. The fourth-order valence-corrected chi connectivity index (χ4v) is 4.63. The van der Waals surface area contributed by atoms with Gasteiger partial charge in [0.15, 0.2) is 0 Å². The van der Waals surface area contributed by atoms with E-state index in [-0.39, 0.29) is 24.0 Å². The molecule has 1 aromatic carbocycles. The quantitative estimate of drug-likeness (QED) is 0.827. The van der Waals surface area contributed by atoms with E-state index >= 15 is 0 Å². The molecule has 5 nitrogen and oxygen atoms in total. The standard InChI is InChI=1S/C15H22N2O3S/c1-16-9-11-2-4-12(5-3-11)10-21(18,19)17-14-8-13-6-7-15(14)20-13/h2-5,13-17H,6-10H2,1H3. The minimum absolute atomic E-state index is 0.0285. The Morgan fingerprint density at radius 3 is 2.48 bits per heavy atom. The Kier molecular flexibility index (Phi) is 4.31. The summed E-state index contributed by atoms with van der Waals surface area (Å²) in [5, 5.41) is 3.07. The summed E-state index contributed by atoms with van der Waals surface area (Å²) in [4.78, 5) is 0. The molecule has 2 fully saturated rings. The topological polar surface area (TPSA) is 67.4 Å². The first kappa shape index (κ1) is 15.0. The second-order valence-corrected chi connectivity index (χ2v) is 7.69. The molecule has 2 heterocycles. The lowest BCUT2D eigenvalue weighted by Crippen LogP contribution is -2.41. The van der Waals surface area contributed by atoms with Crippen molar-refractivity contribution in [3.8, 4) is 0 Å². The Labute approximate surface area is 126 Å². The van der Waals surface area contributed by atoms with Crippen LogP contribution in [0.2, 0.25) is 0 Å². The van der Waals surface area contributed by atoms with Gasteiger partial charge in [0.2, 0.25) is 10.0 Å². The maximum Gasteiger partial charge on any atom is 0.216 e. The van der Waals surface area contributed by atoms with Gasteiger partial charge >= 0.3 is 0 Å². The van der Waals surface area contributed by atoms with Gasteiger partial charge in [0.25, 0.3) is 0 Å². The first-order valence-corrected chi connectivity index (χ1v) is 9.09. The lowest BCUT2D eigenvalue weighted by Gasteiger charge is -2.20. The molecule has 0 amide bonds. The normalized spacial score (nSPS) is 28.1. The third-order valence-electron chi connectivity index (χ3n) is 4.20. The summed E-state index contributed by atoms with van der Waals surface area (Å²) in [5.41, 5.74) is 1.96. The molecule has 0 aromatic heterocycles. The molecule has 2 bridgehead atoms. The highest BCUT2D eigenvalue weighted by atomic mass is 32.2. The molecule has 0 radical (unpaired) electrons. The van der Waals surface area contributed by atoms with Gasteiger partial charge < -0.3 is 10.1 Å². The molecule has 2 aliphatic heterocycles. The van der Waals surface area contributed by atoms with E-state index in [9.17, 15) is 8.42 Å².